The van der Waals surface area contributed by atoms with Gasteiger partial charge in [0, 0.05) is 31.8 Å². The van der Waals surface area contributed by atoms with Gasteiger partial charge in [-0.15, -0.1) is 10.2 Å². The Balaban J connectivity index is 2.06. The number of nitrogens with one attached hydrogen (secondary N) is 2. The fourth-order valence-electron chi connectivity index (χ4n) is 2.76. The molecule has 0 spiro atoms. The Kier molecular flexibility index (Phi) is 8.57. The van der Waals surface area contributed by atoms with Crippen LogP contribution in [-0.2, 0) is 9.59 Å². The summed E-state index contributed by atoms with van der Waals surface area (Å²) in [6.07, 6.45) is 2.97. The van der Waals surface area contributed by atoms with Crippen LogP contribution in [0.4, 0.5) is 10.8 Å². The molecular formula is C21H31N5O2S. The lowest BCUT2D eigenvalue weighted by Crippen LogP contribution is -2.47. The van der Waals surface area contributed by atoms with Crippen molar-refractivity contribution < 1.29 is 9.59 Å². The highest BCUT2D eigenvalue weighted by Gasteiger charge is 2.26. The highest BCUT2D eigenvalue weighted by atomic mass is 32.1. The van der Waals surface area contributed by atoms with Crippen LogP contribution < -0.4 is 15.5 Å². The predicted molar refractivity (Wildman–Crippen MR) is 119 cm³/mol. The van der Waals surface area contributed by atoms with E-state index < -0.39 is 6.04 Å². The number of benzene rings is 1. The number of hydrogen-bond donors (Lipinski definition) is 2. The van der Waals surface area contributed by atoms with Crippen LogP contribution in [0.2, 0.25) is 0 Å². The Morgan fingerprint density at radius 3 is 2.41 bits per heavy atom. The number of hydrogen-bond acceptors (Lipinski definition) is 6. The van der Waals surface area contributed by atoms with E-state index in [1.807, 2.05) is 64.0 Å². The molecule has 2 N–H and O–H groups in total. The molecule has 2 rings (SSSR count). The lowest BCUT2D eigenvalue weighted by atomic mass is 9.98. The van der Waals surface area contributed by atoms with E-state index in [9.17, 15) is 9.59 Å². The molecule has 2 atom stereocenters. The molecule has 7 nitrogen and oxygen atoms in total. The molecular weight excluding hydrogens is 386 g/mol. The second-order valence-corrected chi connectivity index (χ2v) is 8.35. The zero-order chi connectivity index (χ0) is 21.4. The lowest BCUT2D eigenvalue weighted by Gasteiger charge is -2.22. The number of anilines is 2. The van der Waals surface area contributed by atoms with Crippen LogP contribution in [0.25, 0.3) is 10.6 Å². The zero-order valence-corrected chi connectivity index (χ0v) is 18.7. The van der Waals surface area contributed by atoms with Gasteiger partial charge in [0.2, 0.25) is 16.9 Å². The van der Waals surface area contributed by atoms with Gasteiger partial charge >= 0.3 is 0 Å². The van der Waals surface area contributed by atoms with Gasteiger partial charge in [0.1, 0.15) is 11.0 Å². The highest BCUT2D eigenvalue weighted by molar-refractivity contribution is 7.18. The van der Waals surface area contributed by atoms with Gasteiger partial charge in [-0.2, -0.15) is 0 Å². The minimum absolute atomic E-state index is 0.0200. The average molecular weight is 418 g/mol. The Hall–Kier alpha value is -2.48. The van der Waals surface area contributed by atoms with Gasteiger partial charge < -0.3 is 10.2 Å². The molecule has 1 aromatic carbocycles. The largest absolute Gasteiger partial charge is 0.378 e. The number of rotatable bonds is 10. The van der Waals surface area contributed by atoms with Crippen LogP contribution >= 0.6 is 11.3 Å². The van der Waals surface area contributed by atoms with Gasteiger partial charge in [-0.1, -0.05) is 44.9 Å². The summed E-state index contributed by atoms with van der Waals surface area (Å²) in [6, 6.07) is 7.41. The van der Waals surface area contributed by atoms with E-state index in [0.29, 0.717) is 11.6 Å². The maximum Gasteiger partial charge on any atom is 0.249 e. The SMILES string of the molecule is CCCCC(=O)N[C@@H](C(=O)Nc1nnc(-c2ccc(N(C)C)cc2)s1)[C@H](C)CC. The third kappa shape index (κ3) is 6.52. The molecule has 0 aliphatic carbocycles. The number of carbonyl (C=O) groups excluding carboxylic acids is 2. The summed E-state index contributed by atoms with van der Waals surface area (Å²) in [6.45, 7) is 6.00. The van der Waals surface area contributed by atoms with E-state index in [-0.39, 0.29) is 17.7 Å². The Morgan fingerprint density at radius 1 is 1.14 bits per heavy atom. The zero-order valence-electron chi connectivity index (χ0n) is 17.9. The lowest BCUT2D eigenvalue weighted by molar-refractivity contribution is -0.127. The van der Waals surface area contributed by atoms with Gasteiger partial charge in [0.25, 0.3) is 0 Å². The first-order valence-electron chi connectivity index (χ1n) is 10.1. The second-order valence-electron chi connectivity index (χ2n) is 7.38. The Bertz CT molecular complexity index is 804. The molecule has 0 bridgehead atoms. The van der Waals surface area contributed by atoms with Crippen molar-refractivity contribution in [3.8, 4) is 10.6 Å². The molecule has 1 aromatic heterocycles. The summed E-state index contributed by atoms with van der Waals surface area (Å²) in [5, 5.41) is 15.2. The molecule has 0 aliphatic rings. The van der Waals surface area contributed by atoms with Crippen LogP contribution in [0.3, 0.4) is 0 Å². The van der Waals surface area contributed by atoms with Crippen LogP contribution in [0.5, 0.6) is 0 Å². The summed E-state index contributed by atoms with van der Waals surface area (Å²) in [4.78, 5) is 27.0. The Labute approximate surface area is 176 Å². The maximum atomic E-state index is 12.8. The van der Waals surface area contributed by atoms with Gasteiger partial charge in [-0.3, -0.25) is 14.9 Å². The van der Waals surface area contributed by atoms with E-state index in [4.69, 9.17) is 0 Å². The van der Waals surface area contributed by atoms with Crippen LogP contribution in [-0.4, -0.2) is 42.1 Å². The molecule has 1 heterocycles. The van der Waals surface area contributed by atoms with Crippen molar-refractivity contribution in [1.29, 1.82) is 0 Å². The van der Waals surface area contributed by atoms with Crippen LogP contribution in [0.15, 0.2) is 24.3 Å². The summed E-state index contributed by atoms with van der Waals surface area (Å²) >= 11 is 1.32. The van der Waals surface area contributed by atoms with Crippen molar-refractivity contribution in [3.63, 3.8) is 0 Å². The van der Waals surface area contributed by atoms with Gasteiger partial charge in [0.05, 0.1) is 0 Å². The monoisotopic (exact) mass is 417 g/mol. The van der Waals surface area contributed by atoms with Gasteiger partial charge in [0.15, 0.2) is 0 Å². The average Bonchev–Trinajstić information content (AvgIpc) is 3.18. The molecule has 0 fully saturated rings. The molecule has 8 heteroatoms. The van der Waals surface area contributed by atoms with Crippen LogP contribution in [0, 0.1) is 5.92 Å². The quantitative estimate of drug-likeness (QED) is 0.612. The summed E-state index contributed by atoms with van der Waals surface area (Å²) in [7, 11) is 3.98. The molecule has 2 aromatic rings. The first-order valence-corrected chi connectivity index (χ1v) is 10.9. The summed E-state index contributed by atoms with van der Waals surface area (Å²) < 4.78 is 0. The molecule has 2 amide bonds. The standard InChI is InChI=1S/C21H31N5O2S/c1-6-8-9-17(27)22-18(14(3)7-2)19(28)23-21-25-24-20(29-21)15-10-12-16(13-11-15)26(4)5/h10-14,18H,6-9H2,1-5H3,(H,22,27)(H,23,25,28)/t14-,18-/m1/s1. The second kappa shape index (κ2) is 10.9. The number of nitrogens with zero attached hydrogens (tertiary/aromatic N) is 3. The molecule has 0 saturated carbocycles. The first kappa shape index (κ1) is 22.8. The predicted octanol–water partition coefficient (Wildman–Crippen LogP) is 3.93. The van der Waals surface area contributed by atoms with E-state index in [0.717, 1.165) is 35.5 Å². The number of amides is 2. The van der Waals surface area contributed by atoms with E-state index in [1.54, 1.807) is 0 Å². The fourth-order valence-corrected chi connectivity index (χ4v) is 3.51. The molecule has 0 aliphatic heterocycles. The van der Waals surface area contributed by atoms with Crippen molar-refractivity contribution in [3.05, 3.63) is 24.3 Å². The van der Waals surface area contributed by atoms with Crippen molar-refractivity contribution in [2.24, 2.45) is 5.92 Å². The minimum Gasteiger partial charge on any atom is -0.378 e. The van der Waals surface area contributed by atoms with Gasteiger partial charge in [-0.05, 0) is 36.6 Å². The fraction of sp³-hybridized carbons (Fsp3) is 0.524. The highest BCUT2D eigenvalue weighted by Crippen LogP contribution is 2.28. The third-order valence-electron chi connectivity index (χ3n) is 4.86. The molecule has 0 unspecified atom stereocenters. The topological polar surface area (TPSA) is 87.2 Å². The van der Waals surface area contributed by atoms with E-state index in [1.165, 1.54) is 11.3 Å². The molecule has 158 valence electrons. The molecule has 0 radical (unpaired) electrons. The molecule has 0 saturated heterocycles. The number of carbonyl (C=O) groups is 2. The van der Waals surface area contributed by atoms with Crippen molar-refractivity contribution >= 4 is 34.0 Å². The van der Waals surface area contributed by atoms with Crippen molar-refractivity contribution in [1.82, 2.24) is 15.5 Å². The van der Waals surface area contributed by atoms with Gasteiger partial charge in [-0.25, -0.2) is 0 Å². The minimum atomic E-state index is -0.587. The van der Waals surface area contributed by atoms with Crippen molar-refractivity contribution in [2.75, 3.05) is 24.3 Å². The Morgan fingerprint density at radius 2 is 1.83 bits per heavy atom. The third-order valence-corrected chi connectivity index (χ3v) is 5.74. The van der Waals surface area contributed by atoms with Crippen molar-refractivity contribution in [2.45, 2.75) is 52.5 Å². The smallest absolute Gasteiger partial charge is 0.249 e. The van der Waals surface area contributed by atoms with Crippen LogP contribution in [0.1, 0.15) is 46.5 Å². The number of unbranched alkanes of at least 4 members (excludes halogenated alkanes) is 1. The molecule has 29 heavy (non-hydrogen) atoms. The summed E-state index contributed by atoms with van der Waals surface area (Å²) in [5.41, 5.74) is 2.04. The number of aromatic nitrogens is 2. The van der Waals surface area contributed by atoms with E-state index >= 15 is 0 Å². The normalized spacial score (nSPS) is 12.9. The first-order chi connectivity index (χ1) is 13.8. The summed E-state index contributed by atoms with van der Waals surface area (Å²) in [5.74, 6) is -0.326. The van der Waals surface area contributed by atoms with E-state index in [2.05, 4.69) is 20.8 Å². The maximum absolute atomic E-state index is 12.8.